The number of hydrogen-bond donors (Lipinski definition) is 1. The van der Waals surface area contributed by atoms with Gasteiger partial charge in [-0.2, -0.15) is 0 Å². The lowest BCUT2D eigenvalue weighted by molar-refractivity contribution is -0.140. The summed E-state index contributed by atoms with van der Waals surface area (Å²) in [6, 6.07) is 9.66. The first-order valence-corrected chi connectivity index (χ1v) is 11.2. The van der Waals surface area contributed by atoms with Gasteiger partial charge in [-0.05, 0) is 64.2 Å². The zero-order valence-corrected chi connectivity index (χ0v) is 19.3. The van der Waals surface area contributed by atoms with Crippen molar-refractivity contribution in [2.75, 3.05) is 32.8 Å². The van der Waals surface area contributed by atoms with Crippen LogP contribution in [0.2, 0.25) is 0 Å². The van der Waals surface area contributed by atoms with Crippen LogP contribution in [0.5, 0.6) is 5.75 Å². The van der Waals surface area contributed by atoms with E-state index >= 15 is 0 Å². The van der Waals surface area contributed by atoms with Crippen molar-refractivity contribution >= 4 is 17.4 Å². The first kappa shape index (κ1) is 23.6. The summed E-state index contributed by atoms with van der Waals surface area (Å²) >= 11 is 0. The van der Waals surface area contributed by atoms with Gasteiger partial charge in [-0.15, -0.1) is 0 Å². The average molecular weight is 441 g/mol. The van der Waals surface area contributed by atoms with Crippen LogP contribution in [0.4, 0.5) is 0 Å². The number of aryl methyl sites for hydroxylation is 1. The Morgan fingerprint density at radius 2 is 1.91 bits per heavy atom. The number of aliphatic hydroxyl groups excluding tert-OH is 1. The van der Waals surface area contributed by atoms with E-state index in [9.17, 15) is 14.7 Å². The van der Waals surface area contributed by atoms with Gasteiger partial charge in [-0.1, -0.05) is 26.0 Å². The van der Waals surface area contributed by atoms with Crippen LogP contribution < -0.4 is 4.74 Å². The van der Waals surface area contributed by atoms with E-state index in [1.54, 1.807) is 36.4 Å². The molecule has 0 radical (unpaired) electrons. The van der Waals surface area contributed by atoms with Crippen LogP contribution in [-0.4, -0.2) is 59.4 Å². The molecule has 0 saturated carbocycles. The minimum Gasteiger partial charge on any atom is -0.507 e. The highest BCUT2D eigenvalue weighted by Gasteiger charge is 2.47. The lowest BCUT2D eigenvalue weighted by atomic mass is 9.99. The fourth-order valence-corrected chi connectivity index (χ4v) is 4.07. The van der Waals surface area contributed by atoms with Gasteiger partial charge >= 0.3 is 0 Å². The number of amides is 1. The van der Waals surface area contributed by atoms with Crippen molar-refractivity contribution in [2.45, 2.75) is 40.2 Å². The second-order valence-electron chi connectivity index (χ2n) is 7.78. The predicted octanol–water partition coefficient (Wildman–Crippen LogP) is 4.14. The van der Waals surface area contributed by atoms with Crippen LogP contribution in [-0.2, 0) is 9.59 Å². The van der Waals surface area contributed by atoms with E-state index in [-0.39, 0.29) is 11.3 Å². The quantitative estimate of drug-likeness (QED) is 0.340. The summed E-state index contributed by atoms with van der Waals surface area (Å²) in [7, 11) is 0. The molecule has 1 aliphatic heterocycles. The molecule has 1 aromatic carbocycles. The van der Waals surface area contributed by atoms with Gasteiger partial charge in [-0.25, -0.2) is 0 Å². The summed E-state index contributed by atoms with van der Waals surface area (Å²) in [5, 5.41) is 11.1. The third-order valence-electron chi connectivity index (χ3n) is 5.76. The summed E-state index contributed by atoms with van der Waals surface area (Å²) in [5.41, 5.74) is 0.464. The van der Waals surface area contributed by atoms with E-state index in [4.69, 9.17) is 9.15 Å². The Bertz CT molecular complexity index is 990. The van der Waals surface area contributed by atoms with Gasteiger partial charge in [0.1, 0.15) is 29.1 Å². The number of likely N-dealkylation sites (tertiary alicyclic amines) is 1. The average Bonchev–Trinajstić information content (AvgIpc) is 3.32. The number of ketones is 1. The van der Waals surface area contributed by atoms with Crippen molar-refractivity contribution in [2.24, 2.45) is 0 Å². The fourth-order valence-electron chi connectivity index (χ4n) is 4.07. The Morgan fingerprint density at radius 3 is 2.53 bits per heavy atom. The second kappa shape index (κ2) is 10.5. The number of benzene rings is 1. The molecule has 1 atom stereocenters. The maximum atomic E-state index is 13.0. The Labute approximate surface area is 189 Å². The standard InChI is InChI=1S/C25H32N2O5/c1-5-26(6-2)14-9-15-27-22(20-13-12-17(4)32-20)21(24(29)25(27)30)23(28)18-10-8-11-19(16-18)31-7-3/h8,10-13,16,22,28H,5-7,9,14-15H2,1-4H3. The molecule has 1 unspecified atom stereocenters. The normalized spacial score (nSPS) is 18.0. The third-order valence-corrected chi connectivity index (χ3v) is 5.76. The predicted molar refractivity (Wildman–Crippen MR) is 122 cm³/mol. The maximum absolute atomic E-state index is 13.0. The molecule has 1 aromatic heterocycles. The number of carbonyl (C=O) groups excluding carboxylic acids is 2. The van der Waals surface area contributed by atoms with E-state index in [0.717, 1.165) is 19.6 Å². The Balaban J connectivity index is 2.00. The first-order valence-electron chi connectivity index (χ1n) is 11.2. The zero-order chi connectivity index (χ0) is 23.3. The number of nitrogens with zero attached hydrogens (tertiary/aromatic N) is 2. The van der Waals surface area contributed by atoms with E-state index in [1.807, 2.05) is 13.8 Å². The molecule has 2 aromatic rings. The molecular weight excluding hydrogens is 408 g/mol. The van der Waals surface area contributed by atoms with Crippen LogP contribution >= 0.6 is 0 Å². The summed E-state index contributed by atoms with van der Waals surface area (Å²) in [6.07, 6.45) is 0.713. The highest BCUT2D eigenvalue weighted by molar-refractivity contribution is 6.46. The van der Waals surface area contributed by atoms with Crippen LogP contribution in [0.3, 0.4) is 0 Å². The number of ether oxygens (including phenoxy) is 1. The number of carbonyl (C=O) groups is 2. The molecule has 1 amide bonds. The Morgan fingerprint density at radius 1 is 1.16 bits per heavy atom. The molecule has 0 spiro atoms. The molecule has 7 heteroatoms. The molecule has 1 N–H and O–H groups in total. The number of rotatable bonds is 10. The van der Waals surface area contributed by atoms with E-state index in [0.29, 0.717) is 42.4 Å². The van der Waals surface area contributed by atoms with Crippen LogP contribution in [0.15, 0.2) is 46.4 Å². The second-order valence-corrected chi connectivity index (χ2v) is 7.78. The molecule has 0 aliphatic carbocycles. The van der Waals surface area contributed by atoms with Gasteiger partial charge in [0.05, 0.1) is 12.2 Å². The Hall–Kier alpha value is -3.06. The highest BCUT2D eigenvalue weighted by Crippen LogP contribution is 2.40. The third kappa shape index (κ3) is 4.88. The first-order chi connectivity index (χ1) is 15.4. The lowest BCUT2D eigenvalue weighted by Crippen LogP contribution is -2.33. The van der Waals surface area contributed by atoms with Crippen LogP contribution in [0.1, 0.15) is 50.3 Å². The Kier molecular flexibility index (Phi) is 7.75. The number of aliphatic hydroxyl groups is 1. The van der Waals surface area contributed by atoms with Gasteiger partial charge in [0.2, 0.25) is 0 Å². The van der Waals surface area contributed by atoms with Gasteiger partial charge in [0.25, 0.3) is 11.7 Å². The highest BCUT2D eigenvalue weighted by atomic mass is 16.5. The van der Waals surface area contributed by atoms with E-state index in [2.05, 4.69) is 18.7 Å². The molecule has 3 rings (SSSR count). The summed E-state index contributed by atoms with van der Waals surface area (Å²) in [5.74, 6) is 0.169. The van der Waals surface area contributed by atoms with Crippen molar-refractivity contribution in [3.8, 4) is 5.75 Å². The number of Topliss-reactive ketones (excluding diaryl/α,β-unsaturated/α-hetero) is 1. The van der Waals surface area contributed by atoms with Gasteiger partial charge < -0.3 is 24.1 Å². The van der Waals surface area contributed by atoms with Crippen LogP contribution in [0.25, 0.3) is 5.76 Å². The monoisotopic (exact) mass is 440 g/mol. The molecule has 1 saturated heterocycles. The van der Waals surface area contributed by atoms with Gasteiger partial charge in [-0.3, -0.25) is 9.59 Å². The molecule has 2 heterocycles. The topological polar surface area (TPSA) is 83.2 Å². The molecular formula is C25H32N2O5. The minimum atomic E-state index is -0.767. The molecule has 1 fully saturated rings. The zero-order valence-electron chi connectivity index (χ0n) is 19.3. The van der Waals surface area contributed by atoms with Crippen molar-refractivity contribution in [1.82, 2.24) is 9.80 Å². The SMILES string of the molecule is CCOc1cccc(C(O)=C2C(=O)C(=O)N(CCCN(CC)CC)C2c2ccc(C)o2)c1. The molecule has 32 heavy (non-hydrogen) atoms. The van der Waals surface area contributed by atoms with E-state index < -0.39 is 17.7 Å². The van der Waals surface area contributed by atoms with Crippen molar-refractivity contribution in [3.05, 3.63) is 59.1 Å². The minimum absolute atomic E-state index is 0.0424. The van der Waals surface area contributed by atoms with Crippen molar-refractivity contribution in [1.29, 1.82) is 0 Å². The smallest absolute Gasteiger partial charge is 0.295 e. The molecule has 172 valence electrons. The summed E-state index contributed by atoms with van der Waals surface area (Å²) < 4.78 is 11.3. The maximum Gasteiger partial charge on any atom is 0.295 e. The molecule has 0 bridgehead atoms. The summed E-state index contributed by atoms with van der Waals surface area (Å²) in [4.78, 5) is 29.8. The molecule has 1 aliphatic rings. The van der Waals surface area contributed by atoms with Crippen molar-refractivity contribution in [3.63, 3.8) is 0 Å². The summed E-state index contributed by atoms with van der Waals surface area (Å²) in [6.45, 7) is 11.4. The van der Waals surface area contributed by atoms with Crippen molar-refractivity contribution < 1.29 is 23.8 Å². The lowest BCUT2D eigenvalue weighted by Gasteiger charge is -2.25. The van der Waals surface area contributed by atoms with E-state index in [1.165, 1.54) is 4.90 Å². The largest absolute Gasteiger partial charge is 0.507 e. The fraction of sp³-hybridized carbons (Fsp3) is 0.440. The van der Waals surface area contributed by atoms with Crippen LogP contribution in [0, 0.1) is 6.92 Å². The number of hydrogen-bond acceptors (Lipinski definition) is 6. The van der Waals surface area contributed by atoms with Gasteiger partial charge in [0, 0.05) is 12.1 Å². The van der Waals surface area contributed by atoms with Gasteiger partial charge in [0.15, 0.2) is 0 Å². The molecule has 7 nitrogen and oxygen atoms in total. The number of furan rings is 1.